The maximum Gasteiger partial charge on any atom is 0.251 e. The molecule has 0 spiro atoms. The van der Waals surface area contributed by atoms with Crippen molar-refractivity contribution in [3.8, 4) is 11.8 Å². The van der Waals surface area contributed by atoms with Gasteiger partial charge in [0.1, 0.15) is 6.61 Å². The number of nitrogens with one attached hydrogen (secondary N) is 1. The fraction of sp³-hybridized carbons (Fsp3) is 0.438. The molecule has 1 saturated carbocycles. The zero-order valence-corrected chi connectivity index (χ0v) is 11.4. The molecule has 0 radical (unpaired) electrons. The van der Waals surface area contributed by atoms with Crippen LogP contribution in [0, 0.1) is 30.6 Å². The molecule has 1 aromatic rings. The summed E-state index contributed by atoms with van der Waals surface area (Å²) in [7, 11) is 0. The van der Waals surface area contributed by atoms with Crippen molar-refractivity contribution < 1.29 is 9.90 Å². The van der Waals surface area contributed by atoms with E-state index in [1.54, 1.807) is 6.07 Å². The van der Waals surface area contributed by atoms with Gasteiger partial charge in [0.2, 0.25) is 0 Å². The molecule has 3 nitrogen and oxygen atoms in total. The van der Waals surface area contributed by atoms with Crippen LogP contribution in [0.4, 0.5) is 0 Å². The first-order chi connectivity index (χ1) is 9.11. The van der Waals surface area contributed by atoms with Gasteiger partial charge in [-0.3, -0.25) is 4.79 Å². The molecular weight excluding hydrogens is 238 g/mol. The highest BCUT2D eigenvalue weighted by Crippen LogP contribution is 2.36. The van der Waals surface area contributed by atoms with Crippen LogP contribution in [0.5, 0.6) is 0 Å². The first-order valence-electron chi connectivity index (χ1n) is 6.60. The first-order valence-corrected chi connectivity index (χ1v) is 6.60. The van der Waals surface area contributed by atoms with Crippen LogP contribution in [0.1, 0.15) is 34.8 Å². The third kappa shape index (κ3) is 3.59. The van der Waals surface area contributed by atoms with E-state index >= 15 is 0 Å². The summed E-state index contributed by atoms with van der Waals surface area (Å²) in [6.45, 7) is 4.70. The summed E-state index contributed by atoms with van der Waals surface area (Å²) >= 11 is 0. The number of aliphatic hydroxyl groups is 1. The van der Waals surface area contributed by atoms with Crippen molar-refractivity contribution in [3.05, 3.63) is 34.9 Å². The lowest BCUT2D eigenvalue weighted by Crippen LogP contribution is -2.26. The second-order valence-corrected chi connectivity index (χ2v) is 5.17. The SMILES string of the molecule is Cc1ccc(C#CCO)cc1C(=O)NCC1CC1C. The van der Waals surface area contributed by atoms with Gasteiger partial charge < -0.3 is 10.4 Å². The summed E-state index contributed by atoms with van der Waals surface area (Å²) in [5, 5.41) is 11.7. The van der Waals surface area contributed by atoms with Crippen molar-refractivity contribution in [1.29, 1.82) is 0 Å². The van der Waals surface area contributed by atoms with Crippen molar-refractivity contribution in [2.75, 3.05) is 13.2 Å². The smallest absolute Gasteiger partial charge is 0.251 e. The molecule has 1 aliphatic rings. The van der Waals surface area contributed by atoms with E-state index in [1.165, 1.54) is 6.42 Å². The maximum atomic E-state index is 12.1. The number of rotatable bonds is 3. The van der Waals surface area contributed by atoms with E-state index in [-0.39, 0.29) is 12.5 Å². The summed E-state index contributed by atoms with van der Waals surface area (Å²) in [6.07, 6.45) is 1.21. The van der Waals surface area contributed by atoms with Gasteiger partial charge >= 0.3 is 0 Å². The predicted octanol–water partition coefficient (Wildman–Crippen LogP) is 1.72. The van der Waals surface area contributed by atoms with Gasteiger partial charge in [0.05, 0.1) is 0 Å². The fourth-order valence-electron chi connectivity index (χ4n) is 2.09. The Balaban J connectivity index is 2.06. The molecule has 2 atom stereocenters. The Morgan fingerprint density at radius 3 is 2.89 bits per heavy atom. The molecule has 0 aromatic heterocycles. The second-order valence-electron chi connectivity index (χ2n) is 5.17. The van der Waals surface area contributed by atoms with Gasteiger partial charge in [-0.15, -0.1) is 0 Å². The van der Waals surface area contributed by atoms with Crippen LogP contribution in [0.25, 0.3) is 0 Å². The Kier molecular flexibility index (Phi) is 4.24. The van der Waals surface area contributed by atoms with Gasteiger partial charge in [0, 0.05) is 17.7 Å². The molecule has 1 fully saturated rings. The third-order valence-electron chi connectivity index (χ3n) is 3.59. The minimum Gasteiger partial charge on any atom is -0.384 e. The average Bonchev–Trinajstić information content (AvgIpc) is 3.11. The highest BCUT2D eigenvalue weighted by Gasteiger charge is 2.32. The summed E-state index contributed by atoms with van der Waals surface area (Å²) in [5.41, 5.74) is 2.36. The highest BCUT2D eigenvalue weighted by molar-refractivity contribution is 5.96. The Morgan fingerprint density at radius 2 is 2.26 bits per heavy atom. The van der Waals surface area contributed by atoms with Crippen molar-refractivity contribution in [2.24, 2.45) is 11.8 Å². The van der Waals surface area contributed by atoms with Crippen molar-refractivity contribution in [3.63, 3.8) is 0 Å². The van der Waals surface area contributed by atoms with Crippen LogP contribution in [0.2, 0.25) is 0 Å². The quantitative estimate of drug-likeness (QED) is 0.810. The molecule has 0 saturated heterocycles. The van der Waals surface area contributed by atoms with Crippen molar-refractivity contribution in [2.45, 2.75) is 20.3 Å². The summed E-state index contributed by atoms with van der Waals surface area (Å²) < 4.78 is 0. The fourth-order valence-corrected chi connectivity index (χ4v) is 2.09. The maximum absolute atomic E-state index is 12.1. The lowest BCUT2D eigenvalue weighted by molar-refractivity contribution is 0.0950. The molecule has 0 bridgehead atoms. The minimum atomic E-state index is -0.172. The highest BCUT2D eigenvalue weighted by atomic mass is 16.2. The van der Waals surface area contributed by atoms with E-state index < -0.39 is 0 Å². The zero-order valence-electron chi connectivity index (χ0n) is 11.4. The zero-order chi connectivity index (χ0) is 13.8. The topological polar surface area (TPSA) is 49.3 Å². The van der Waals surface area contributed by atoms with Crippen LogP contribution < -0.4 is 5.32 Å². The number of amides is 1. The number of aryl methyl sites for hydroxylation is 1. The monoisotopic (exact) mass is 257 g/mol. The number of carbonyl (C=O) groups is 1. The lowest BCUT2D eigenvalue weighted by Gasteiger charge is -2.08. The number of hydrogen-bond donors (Lipinski definition) is 2. The molecule has 3 heteroatoms. The molecule has 1 aromatic carbocycles. The van der Waals surface area contributed by atoms with Gasteiger partial charge in [-0.2, -0.15) is 0 Å². The largest absolute Gasteiger partial charge is 0.384 e. The van der Waals surface area contributed by atoms with Crippen molar-refractivity contribution >= 4 is 5.91 Å². The third-order valence-corrected chi connectivity index (χ3v) is 3.59. The van der Waals surface area contributed by atoms with Gasteiger partial charge in [-0.05, 0) is 42.9 Å². The Hall–Kier alpha value is -1.79. The van der Waals surface area contributed by atoms with Crippen LogP contribution in [0.3, 0.4) is 0 Å². The van der Waals surface area contributed by atoms with Crippen LogP contribution in [-0.4, -0.2) is 24.2 Å². The summed E-state index contributed by atoms with van der Waals surface area (Å²) in [4.78, 5) is 12.1. The number of carbonyl (C=O) groups excluding carboxylic acids is 1. The van der Waals surface area contributed by atoms with E-state index in [9.17, 15) is 4.79 Å². The molecular formula is C16H19NO2. The molecule has 2 rings (SSSR count). The standard InChI is InChI=1S/C16H19NO2/c1-11-5-6-13(4-3-7-18)9-15(11)16(19)17-10-14-8-12(14)2/h5-6,9,12,14,18H,7-8,10H2,1-2H3,(H,17,19). The average molecular weight is 257 g/mol. The molecule has 0 aliphatic heterocycles. The molecule has 1 amide bonds. The number of hydrogen-bond acceptors (Lipinski definition) is 2. The molecule has 0 heterocycles. The molecule has 2 N–H and O–H groups in total. The van der Waals surface area contributed by atoms with Crippen molar-refractivity contribution in [1.82, 2.24) is 5.32 Å². The van der Waals surface area contributed by atoms with E-state index in [2.05, 4.69) is 24.1 Å². The first kappa shape index (κ1) is 13.6. The molecule has 19 heavy (non-hydrogen) atoms. The lowest BCUT2D eigenvalue weighted by atomic mass is 10.0. The van der Waals surface area contributed by atoms with Crippen LogP contribution in [-0.2, 0) is 0 Å². The van der Waals surface area contributed by atoms with Gasteiger partial charge in [-0.1, -0.05) is 24.8 Å². The van der Waals surface area contributed by atoms with E-state index in [0.717, 1.165) is 23.6 Å². The molecule has 100 valence electrons. The van der Waals surface area contributed by atoms with E-state index in [0.29, 0.717) is 11.5 Å². The van der Waals surface area contributed by atoms with Gasteiger partial charge in [-0.25, -0.2) is 0 Å². The normalized spacial score (nSPS) is 20.4. The van der Waals surface area contributed by atoms with Crippen LogP contribution in [0.15, 0.2) is 18.2 Å². The van der Waals surface area contributed by atoms with Gasteiger partial charge in [0.15, 0.2) is 0 Å². The number of benzene rings is 1. The Morgan fingerprint density at radius 1 is 1.53 bits per heavy atom. The summed E-state index contributed by atoms with van der Waals surface area (Å²) in [5.74, 6) is 6.75. The molecule has 1 aliphatic carbocycles. The predicted molar refractivity (Wildman–Crippen MR) is 74.7 cm³/mol. The molecule has 2 unspecified atom stereocenters. The minimum absolute atomic E-state index is 0.0377. The van der Waals surface area contributed by atoms with E-state index in [1.807, 2.05) is 19.1 Å². The Labute approximate surface area is 114 Å². The Bertz CT molecular complexity index is 539. The van der Waals surface area contributed by atoms with E-state index in [4.69, 9.17) is 5.11 Å². The summed E-state index contributed by atoms with van der Waals surface area (Å²) in [6, 6.07) is 5.53. The number of aliphatic hydroxyl groups excluding tert-OH is 1. The van der Waals surface area contributed by atoms with Gasteiger partial charge in [0.25, 0.3) is 5.91 Å². The second kappa shape index (κ2) is 5.90. The van der Waals surface area contributed by atoms with Crippen LogP contribution >= 0.6 is 0 Å².